The van der Waals surface area contributed by atoms with Crippen LogP contribution in [0.3, 0.4) is 0 Å². The van der Waals surface area contributed by atoms with Crippen molar-refractivity contribution in [2.75, 3.05) is 24.6 Å². The number of nitrogens with one attached hydrogen (secondary N) is 2. The molecule has 11 heteroatoms. The van der Waals surface area contributed by atoms with Crippen LogP contribution in [0.15, 0.2) is 18.2 Å². The molecule has 35 heavy (non-hydrogen) atoms. The molecule has 1 aromatic rings. The fourth-order valence-corrected chi connectivity index (χ4v) is 5.02. The van der Waals surface area contributed by atoms with Gasteiger partial charge in [0.05, 0.1) is 11.5 Å². The molecule has 0 saturated heterocycles. The van der Waals surface area contributed by atoms with Gasteiger partial charge in [0.1, 0.15) is 23.8 Å². The van der Waals surface area contributed by atoms with Gasteiger partial charge in [-0.2, -0.15) is 0 Å². The summed E-state index contributed by atoms with van der Waals surface area (Å²) < 4.78 is 57.6. The second-order valence-corrected chi connectivity index (χ2v) is 11.5. The lowest BCUT2D eigenvalue weighted by Crippen LogP contribution is -2.51. The maximum absolute atomic E-state index is 13.6. The average molecular weight is 520 g/mol. The summed E-state index contributed by atoms with van der Waals surface area (Å²) in [5.74, 6) is -3.29. The molecule has 200 valence electrons. The number of esters is 1. The van der Waals surface area contributed by atoms with Crippen molar-refractivity contribution in [3.63, 3.8) is 0 Å². The van der Waals surface area contributed by atoms with Crippen molar-refractivity contribution < 1.29 is 31.5 Å². The number of hydrogen-bond donors (Lipinski definition) is 3. The van der Waals surface area contributed by atoms with Crippen molar-refractivity contribution in [1.29, 1.82) is 0 Å². The summed E-state index contributed by atoms with van der Waals surface area (Å²) in [6.07, 6.45) is 1.03. The van der Waals surface area contributed by atoms with Crippen LogP contribution in [-0.4, -0.2) is 63.1 Å². The molecule has 0 aromatic heterocycles. The molecule has 1 aromatic carbocycles. The van der Waals surface area contributed by atoms with Gasteiger partial charge in [-0.15, -0.1) is 0 Å². The van der Waals surface area contributed by atoms with Crippen molar-refractivity contribution in [3.8, 4) is 0 Å². The van der Waals surface area contributed by atoms with Crippen molar-refractivity contribution in [2.24, 2.45) is 11.7 Å². The Hall–Kier alpha value is -2.11. The van der Waals surface area contributed by atoms with E-state index in [0.29, 0.717) is 30.9 Å². The molecular weight excluding hydrogens is 480 g/mol. The third kappa shape index (κ3) is 13.0. The summed E-state index contributed by atoms with van der Waals surface area (Å²) in [6.45, 7) is 7.90. The lowest BCUT2D eigenvalue weighted by atomic mass is 10.0. The van der Waals surface area contributed by atoms with Gasteiger partial charge in [-0.3, -0.25) is 4.79 Å². The van der Waals surface area contributed by atoms with Gasteiger partial charge in [-0.05, 0) is 49.4 Å². The quantitative estimate of drug-likeness (QED) is 0.225. The highest BCUT2D eigenvalue weighted by Gasteiger charge is 2.31. The van der Waals surface area contributed by atoms with Crippen LogP contribution in [0.4, 0.5) is 8.78 Å². The Morgan fingerprint density at radius 1 is 1.14 bits per heavy atom. The number of sulfone groups is 1. The average Bonchev–Trinajstić information content (AvgIpc) is 2.72. The number of ether oxygens (including phenoxy) is 1. The molecular formula is C24H39F2N3O5S. The van der Waals surface area contributed by atoms with E-state index in [0.717, 1.165) is 24.6 Å². The third-order valence-electron chi connectivity index (χ3n) is 5.27. The van der Waals surface area contributed by atoms with E-state index in [2.05, 4.69) is 24.5 Å². The zero-order valence-corrected chi connectivity index (χ0v) is 21.8. The van der Waals surface area contributed by atoms with E-state index in [1.807, 2.05) is 6.92 Å². The van der Waals surface area contributed by atoms with Gasteiger partial charge in [0.15, 0.2) is 9.84 Å². The van der Waals surface area contributed by atoms with Crippen molar-refractivity contribution in [1.82, 2.24) is 10.6 Å². The number of carbonyl (C=O) groups is 2. The monoisotopic (exact) mass is 519 g/mol. The first-order valence-corrected chi connectivity index (χ1v) is 13.7. The second kappa shape index (κ2) is 15.1. The number of rotatable bonds is 16. The molecule has 0 fully saturated rings. The number of hydrogen-bond acceptors (Lipinski definition) is 7. The first-order valence-electron chi connectivity index (χ1n) is 11.9. The SMILES string of the molecule is CCCCS(=O)(=O)C[C@@H](NC(C)=O)C(=O)O[C@H](CNCCC(C)C)[C@@H](N)Cc1cc(F)cc(F)c1. The molecule has 0 unspecified atom stereocenters. The van der Waals surface area contributed by atoms with Gasteiger partial charge in [-0.1, -0.05) is 27.2 Å². The van der Waals surface area contributed by atoms with E-state index in [1.165, 1.54) is 6.92 Å². The Balaban J connectivity index is 3.02. The Bertz CT molecular complexity index is 907. The maximum Gasteiger partial charge on any atom is 0.330 e. The topological polar surface area (TPSA) is 128 Å². The predicted molar refractivity (Wildman–Crippen MR) is 131 cm³/mol. The van der Waals surface area contributed by atoms with Crippen LogP contribution < -0.4 is 16.4 Å². The molecule has 4 N–H and O–H groups in total. The summed E-state index contributed by atoms with van der Waals surface area (Å²) in [5, 5.41) is 5.51. The minimum absolute atomic E-state index is 0.0120. The molecule has 0 aliphatic carbocycles. The van der Waals surface area contributed by atoms with Gasteiger partial charge in [0, 0.05) is 25.6 Å². The van der Waals surface area contributed by atoms with Gasteiger partial charge >= 0.3 is 5.97 Å². The van der Waals surface area contributed by atoms with Gasteiger partial charge in [0.2, 0.25) is 5.91 Å². The standard InChI is InChI=1S/C24H39F2N3O5S/c1-5-6-9-35(32,33)15-22(29-17(4)30)24(31)34-23(14-28-8-7-16(2)3)21(27)12-18-10-19(25)13-20(26)11-18/h10-11,13,16,21-23,28H,5-9,12,14-15,27H2,1-4H3,(H,29,30)/t21-,22+,23+/m0/s1. The molecule has 0 spiro atoms. The predicted octanol–water partition coefficient (Wildman–Crippen LogP) is 2.10. The highest BCUT2D eigenvalue weighted by atomic mass is 32.2. The van der Waals surface area contributed by atoms with Crippen LogP contribution in [0, 0.1) is 17.6 Å². The summed E-state index contributed by atoms with van der Waals surface area (Å²) in [6, 6.07) is 0.799. The largest absolute Gasteiger partial charge is 0.458 e. The molecule has 3 atom stereocenters. The Morgan fingerprint density at radius 2 is 1.77 bits per heavy atom. The van der Waals surface area contributed by atoms with E-state index in [1.54, 1.807) is 0 Å². The van der Waals surface area contributed by atoms with Gasteiger partial charge in [-0.25, -0.2) is 22.0 Å². The molecule has 0 saturated carbocycles. The normalized spacial score (nSPS) is 14.4. The minimum Gasteiger partial charge on any atom is -0.458 e. The minimum atomic E-state index is -3.62. The number of amides is 1. The fraction of sp³-hybridized carbons (Fsp3) is 0.667. The summed E-state index contributed by atoms with van der Waals surface area (Å²) in [5.41, 5.74) is 6.56. The lowest BCUT2D eigenvalue weighted by Gasteiger charge is -2.27. The first-order chi connectivity index (χ1) is 16.3. The highest BCUT2D eigenvalue weighted by molar-refractivity contribution is 7.91. The maximum atomic E-state index is 13.6. The first kappa shape index (κ1) is 30.9. The van der Waals surface area contributed by atoms with E-state index >= 15 is 0 Å². The van der Waals surface area contributed by atoms with E-state index in [9.17, 15) is 26.8 Å². The van der Waals surface area contributed by atoms with Crippen LogP contribution in [-0.2, 0) is 30.6 Å². The van der Waals surface area contributed by atoms with E-state index < -0.39 is 57.3 Å². The van der Waals surface area contributed by atoms with E-state index in [-0.39, 0.29) is 18.7 Å². The summed E-state index contributed by atoms with van der Waals surface area (Å²) >= 11 is 0. The molecule has 8 nitrogen and oxygen atoms in total. The molecule has 1 amide bonds. The summed E-state index contributed by atoms with van der Waals surface area (Å²) in [7, 11) is -3.62. The van der Waals surface area contributed by atoms with Gasteiger partial charge < -0.3 is 21.1 Å². The third-order valence-corrected chi connectivity index (χ3v) is 7.03. The number of benzene rings is 1. The van der Waals surface area contributed by atoms with Crippen molar-refractivity contribution >= 4 is 21.7 Å². The Labute approximate surface area is 207 Å². The number of halogens is 2. The van der Waals surface area contributed by atoms with Crippen LogP contribution in [0.5, 0.6) is 0 Å². The lowest BCUT2D eigenvalue weighted by molar-refractivity contribution is -0.153. The smallest absolute Gasteiger partial charge is 0.330 e. The van der Waals surface area contributed by atoms with Crippen LogP contribution in [0.2, 0.25) is 0 Å². The number of nitrogens with two attached hydrogens (primary N) is 1. The molecule has 1 rings (SSSR count). The van der Waals surface area contributed by atoms with Gasteiger partial charge in [0.25, 0.3) is 0 Å². The van der Waals surface area contributed by atoms with Crippen LogP contribution >= 0.6 is 0 Å². The fourth-order valence-electron chi connectivity index (χ4n) is 3.39. The Kier molecular flexibility index (Phi) is 13.3. The number of carbonyl (C=O) groups excluding carboxylic acids is 2. The highest BCUT2D eigenvalue weighted by Crippen LogP contribution is 2.13. The summed E-state index contributed by atoms with van der Waals surface area (Å²) in [4.78, 5) is 24.6. The zero-order chi connectivity index (χ0) is 26.6. The van der Waals surface area contributed by atoms with Crippen molar-refractivity contribution in [2.45, 2.75) is 71.6 Å². The molecule has 0 bridgehead atoms. The Morgan fingerprint density at radius 3 is 2.31 bits per heavy atom. The van der Waals surface area contributed by atoms with Crippen LogP contribution in [0.1, 0.15) is 52.5 Å². The second-order valence-electron chi connectivity index (χ2n) is 9.23. The molecule has 0 heterocycles. The molecule has 0 radical (unpaired) electrons. The molecule has 0 aliphatic heterocycles. The van der Waals surface area contributed by atoms with E-state index in [4.69, 9.17) is 10.5 Å². The molecule has 0 aliphatic rings. The van der Waals surface area contributed by atoms with Crippen LogP contribution in [0.25, 0.3) is 0 Å². The zero-order valence-electron chi connectivity index (χ0n) is 21.0. The number of unbranched alkanes of at least 4 members (excludes halogenated alkanes) is 1. The van der Waals surface area contributed by atoms with Crippen molar-refractivity contribution in [3.05, 3.63) is 35.4 Å².